The largest absolute Gasteiger partial charge is 0.385 e. The Hall–Kier alpha value is -0.680. The molecule has 2 rings (SSSR count). The summed E-state index contributed by atoms with van der Waals surface area (Å²) in [6.45, 7) is 1.73. The van der Waals surface area contributed by atoms with Gasteiger partial charge in [-0.1, -0.05) is 0 Å². The SMILES string of the molecule is COCCCN(C)c1cc(Br)nc(C2CC2)n1. The second-order valence-electron chi connectivity index (χ2n) is 4.45. The van der Waals surface area contributed by atoms with Crippen molar-refractivity contribution in [2.24, 2.45) is 0 Å². The van der Waals surface area contributed by atoms with Crippen LogP contribution in [0.4, 0.5) is 5.82 Å². The van der Waals surface area contributed by atoms with Gasteiger partial charge in [0.1, 0.15) is 16.2 Å². The Bertz CT molecular complexity index is 382. The number of hydrogen-bond donors (Lipinski definition) is 0. The summed E-state index contributed by atoms with van der Waals surface area (Å²) < 4.78 is 5.93. The van der Waals surface area contributed by atoms with Crippen LogP contribution in [0.15, 0.2) is 10.7 Å². The Morgan fingerprint density at radius 1 is 1.47 bits per heavy atom. The fourth-order valence-electron chi connectivity index (χ4n) is 1.70. The van der Waals surface area contributed by atoms with E-state index >= 15 is 0 Å². The number of halogens is 1. The topological polar surface area (TPSA) is 38.2 Å². The Morgan fingerprint density at radius 2 is 2.24 bits per heavy atom. The highest BCUT2D eigenvalue weighted by atomic mass is 79.9. The Balaban J connectivity index is 2.03. The Labute approximate surface area is 111 Å². The molecule has 1 saturated carbocycles. The van der Waals surface area contributed by atoms with Gasteiger partial charge in [0, 0.05) is 39.3 Å². The Morgan fingerprint density at radius 3 is 2.88 bits per heavy atom. The van der Waals surface area contributed by atoms with Gasteiger partial charge >= 0.3 is 0 Å². The summed E-state index contributed by atoms with van der Waals surface area (Å²) in [5, 5.41) is 0. The molecule has 1 aliphatic carbocycles. The minimum Gasteiger partial charge on any atom is -0.385 e. The Kier molecular flexibility index (Phi) is 4.34. The van der Waals surface area contributed by atoms with E-state index in [1.54, 1.807) is 7.11 Å². The van der Waals surface area contributed by atoms with Crippen LogP contribution in [-0.2, 0) is 4.74 Å². The van der Waals surface area contributed by atoms with Crippen molar-refractivity contribution < 1.29 is 4.74 Å². The molecule has 4 nitrogen and oxygen atoms in total. The van der Waals surface area contributed by atoms with E-state index in [4.69, 9.17) is 4.74 Å². The van der Waals surface area contributed by atoms with E-state index in [1.807, 2.05) is 6.07 Å². The minimum absolute atomic E-state index is 0.582. The first-order valence-corrected chi connectivity index (χ1v) is 6.74. The summed E-state index contributed by atoms with van der Waals surface area (Å²) in [6, 6.07) is 1.97. The van der Waals surface area contributed by atoms with Crippen LogP contribution in [-0.4, -0.2) is 37.3 Å². The van der Waals surface area contributed by atoms with Crippen LogP contribution in [0.1, 0.15) is 31.0 Å². The maximum absolute atomic E-state index is 5.06. The molecule has 0 aliphatic heterocycles. The van der Waals surface area contributed by atoms with Crippen LogP contribution in [0.25, 0.3) is 0 Å². The first-order chi connectivity index (χ1) is 8.20. The van der Waals surface area contributed by atoms with Crippen molar-refractivity contribution in [3.63, 3.8) is 0 Å². The van der Waals surface area contributed by atoms with Gasteiger partial charge in [-0.05, 0) is 35.2 Å². The van der Waals surface area contributed by atoms with Gasteiger partial charge in [-0.2, -0.15) is 0 Å². The smallest absolute Gasteiger partial charge is 0.135 e. The van der Waals surface area contributed by atoms with Gasteiger partial charge in [0.2, 0.25) is 0 Å². The normalized spacial score (nSPS) is 15.0. The van der Waals surface area contributed by atoms with Crippen molar-refractivity contribution in [3.8, 4) is 0 Å². The van der Waals surface area contributed by atoms with Crippen LogP contribution in [0.3, 0.4) is 0 Å². The van der Waals surface area contributed by atoms with E-state index < -0.39 is 0 Å². The first-order valence-electron chi connectivity index (χ1n) is 5.95. The molecule has 0 N–H and O–H groups in total. The van der Waals surface area contributed by atoms with Crippen LogP contribution < -0.4 is 4.90 Å². The average Bonchev–Trinajstić information content (AvgIpc) is 3.12. The summed E-state index contributed by atoms with van der Waals surface area (Å²) in [6.07, 6.45) is 3.46. The van der Waals surface area contributed by atoms with Crippen LogP contribution in [0.5, 0.6) is 0 Å². The second-order valence-corrected chi connectivity index (χ2v) is 5.26. The van der Waals surface area contributed by atoms with Gasteiger partial charge < -0.3 is 9.64 Å². The summed E-state index contributed by atoms with van der Waals surface area (Å²) in [5.41, 5.74) is 0. The zero-order valence-electron chi connectivity index (χ0n) is 10.3. The maximum atomic E-state index is 5.06. The average molecular weight is 300 g/mol. The van der Waals surface area contributed by atoms with E-state index in [0.29, 0.717) is 5.92 Å². The summed E-state index contributed by atoms with van der Waals surface area (Å²) >= 11 is 3.46. The molecular formula is C12H18BrN3O. The summed E-state index contributed by atoms with van der Waals surface area (Å²) in [7, 11) is 3.79. The summed E-state index contributed by atoms with van der Waals surface area (Å²) in [5.74, 6) is 2.55. The molecule has 0 radical (unpaired) electrons. The van der Waals surface area contributed by atoms with Crippen LogP contribution in [0.2, 0.25) is 0 Å². The van der Waals surface area contributed by atoms with Crippen LogP contribution in [0, 0.1) is 0 Å². The quantitative estimate of drug-likeness (QED) is 0.598. The fraction of sp³-hybridized carbons (Fsp3) is 0.667. The molecule has 0 atom stereocenters. The van der Waals surface area contributed by atoms with Crippen molar-refractivity contribution in [3.05, 3.63) is 16.5 Å². The molecule has 0 bridgehead atoms. The van der Waals surface area contributed by atoms with Gasteiger partial charge in [0.25, 0.3) is 0 Å². The van der Waals surface area contributed by atoms with Crippen molar-refractivity contribution in [2.75, 3.05) is 32.2 Å². The lowest BCUT2D eigenvalue weighted by molar-refractivity contribution is 0.196. The highest BCUT2D eigenvalue weighted by Crippen LogP contribution is 2.39. The minimum atomic E-state index is 0.582. The van der Waals surface area contributed by atoms with Crippen molar-refractivity contribution in [1.82, 2.24) is 9.97 Å². The van der Waals surface area contributed by atoms with Gasteiger partial charge in [0.05, 0.1) is 0 Å². The number of aromatic nitrogens is 2. The molecule has 94 valence electrons. The molecule has 0 spiro atoms. The van der Waals surface area contributed by atoms with Gasteiger partial charge in [-0.25, -0.2) is 9.97 Å². The number of hydrogen-bond acceptors (Lipinski definition) is 4. The van der Waals surface area contributed by atoms with Gasteiger partial charge in [0.15, 0.2) is 0 Å². The van der Waals surface area contributed by atoms with E-state index in [2.05, 4.69) is 37.8 Å². The van der Waals surface area contributed by atoms with E-state index in [1.165, 1.54) is 12.8 Å². The molecule has 1 heterocycles. The zero-order valence-corrected chi connectivity index (χ0v) is 11.9. The highest BCUT2D eigenvalue weighted by molar-refractivity contribution is 9.10. The lowest BCUT2D eigenvalue weighted by atomic mass is 10.3. The molecular weight excluding hydrogens is 282 g/mol. The second kappa shape index (κ2) is 5.78. The molecule has 0 unspecified atom stereocenters. The zero-order chi connectivity index (χ0) is 12.3. The fourth-order valence-corrected chi connectivity index (χ4v) is 2.09. The molecule has 0 amide bonds. The molecule has 1 fully saturated rings. The van der Waals surface area contributed by atoms with Crippen molar-refractivity contribution >= 4 is 21.7 Å². The van der Waals surface area contributed by atoms with Crippen LogP contribution >= 0.6 is 15.9 Å². The van der Waals surface area contributed by atoms with Crippen molar-refractivity contribution in [1.29, 1.82) is 0 Å². The first kappa shape index (κ1) is 12.8. The number of ether oxygens (including phenoxy) is 1. The molecule has 1 aliphatic rings. The predicted molar refractivity (Wildman–Crippen MR) is 71.5 cm³/mol. The standard InChI is InChI=1S/C12H18BrN3O/c1-16(6-3-7-17-2)11-8-10(13)14-12(15-11)9-4-5-9/h8-9H,3-7H2,1-2H3. The highest BCUT2D eigenvalue weighted by Gasteiger charge is 2.27. The maximum Gasteiger partial charge on any atom is 0.135 e. The molecule has 1 aromatic heterocycles. The third-order valence-electron chi connectivity index (χ3n) is 2.87. The van der Waals surface area contributed by atoms with E-state index in [0.717, 1.165) is 35.8 Å². The van der Waals surface area contributed by atoms with E-state index in [-0.39, 0.29) is 0 Å². The number of methoxy groups -OCH3 is 1. The molecule has 0 aromatic carbocycles. The van der Waals surface area contributed by atoms with Gasteiger partial charge in [-0.3, -0.25) is 0 Å². The number of nitrogens with zero attached hydrogens (tertiary/aromatic N) is 3. The van der Waals surface area contributed by atoms with E-state index in [9.17, 15) is 0 Å². The lowest BCUT2D eigenvalue weighted by Crippen LogP contribution is -2.21. The predicted octanol–water partition coefficient (Wildman–Crippen LogP) is 2.59. The van der Waals surface area contributed by atoms with Gasteiger partial charge in [-0.15, -0.1) is 0 Å². The number of rotatable bonds is 6. The lowest BCUT2D eigenvalue weighted by Gasteiger charge is -2.18. The molecule has 5 heteroatoms. The van der Waals surface area contributed by atoms with Crippen molar-refractivity contribution in [2.45, 2.75) is 25.2 Å². The molecule has 0 saturated heterocycles. The molecule has 17 heavy (non-hydrogen) atoms. The third-order valence-corrected chi connectivity index (χ3v) is 3.28. The number of anilines is 1. The monoisotopic (exact) mass is 299 g/mol. The third kappa shape index (κ3) is 3.64. The summed E-state index contributed by atoms with van der Waals surface area (Å²) in [4.78, 5) is 11.2. The molecule has 1 aromatic rings.